The molecule has 1 aromatic rings. The average molecular weight is 365 g/mol. The van der Waals surface area contributed by atoms with Gasteiger partial charge in [-0.05, 0) is 38.8 Å². The van der Waals surface area contributed by atoms with Crippen molar-refractivity contribution in [3.05, 3.63) is 24.2 Å². The Hall–Kier alpha value is -2.02. The van der Waals surface area contributed by atoms with Gasteiger partial charge in [-0.1, -0.05) is 0 Å². The molecule has 26 heavy (non-hydrogen) atoms. The molecule has 2 heterocycles. The third-order valence-corrected chi connectivity index (χ3v) is 4.95. The van der Waals surface area contributed by atoms with Crippen LogP contribution in [-0.2, 0) is 16.1 Å². The summed E-state index contributed by atoms with van der Waals surface area (Å²) in [4.78, 5) is 30.9. The number of furan rings is 1. The Morgan fingerprint density at radius 1 is 1.23 bits per heavy atom. The third-order valence-electron chi connectivity index (χ3n) is 4.95. The number of rotatable bonds is 8. The number of amides is 3. The van der Waals surface area contributed by atoms with E-state index < -0.39 is 0 Å². The van der Waals surface area contributed by atoms with Crippen LogP contribution in [0.5, 0.6) is 0 Å². The number of piperidine rings is 1. The number of hydrogen-bond donors (Lipinski definition) is 0. The fourth-order valence-electron chi connectivity index (χ4n) is 3.33. The van der Waals surface area contributed by atoms with Gasteiger partial charge in [-0.2, -0.15) is 0 Å². The summed E-state index contributed by atoms with van der Waals surface area (Å²) in [6.07, 6.45) is 3.02. The standard InChI is InChI=1S/C19H31N3O4/c1-4-20(5-2)19(24)21-10-8-16(9-11-21)18(23)22(12-14-25-3)15-17-7-6-13-26-17/h6-7,13,16H,4-5,8-12,14-15H2,1-3H3. The van der Waals surface area contributed by atoms with Gasteiger partial charge in [0.25, 0.3) is 0 Å². The van der Waals surface area contributed by atoms with Crippen LogP contribution in [0.15, 0.2) is 22.8 Å². The number of methoxy groups -OCH3 is 1. The minimum absolute atomic E-state index is 0.0532. The summed E-state index contributed by atoms with van der Waals surface area (Å²) in [6, 6.07) is 3.78. The number of carbonyl (C=O) groups is 2. The third kappa shape index (κ3) is 5.24. The second kappa shape index (κ2) is 10.2. The molecule has 1 saturated heterocycles. The summed E-state index contributed by atoms with van der Waals surface area (Å²) in [5.74, 6) is 0.833. The van der Waals surface area contributed by atoms with Crippen LogP contribution in [0.25, 0.3) is 0 Å². The van der Waals surface area contributed by atoms with Gasteiger partial charge >= 0.3 is 6.03 Å². The van der Waals surface area contributed by atoms with E-state index >= 15 is 0 Å². The van der Waals surface area contributed by atoms with E-state index in [0.717, 1.165) is 5.76 Å². The van der Waals surface area contributed by atoms with Crippen molar-refractivity contribution in [1.29, 1.82) is 0 Å². The molecule has 0 aromatic carbocycles. The Bertz CT molecular complexity index is 549. The lowest BCUT2D eigenvalue weighted by atomic mass is 9.95. The molecule has 7 heteroatoms. The molecule has 146 valence electrons. The first kappa shape index (κ1) is 20.3. The largest absolute Gasteiger partial charge is 0.467 e. The summed E-state index contributed by atoms with van der Waals surface area (Å²) in [5, 5.41) is 0. The maximum Gasteiger partial charge on any atom is 0.319 e. The van der Waals surface area contributed by atoms with Gasteiger partial charge in [0.1, 0.15) is 5.76 Å². The number of nitrogens with zero attached hydrogens (tertiary/aromatic N) is 3. The van der Waals surface area contributed by atoms with Gasteiger partial charge in [0, 0.05) is 45.8 Å². The molecule has 0 spiro atoms. The SMILES string of the molecule is CCN(CC)C(=O)N1CCC(C(=O)N(CCOC)Cc2ccco2)CC1. The van der Waals surface area contributed by atoms with Gasteiger partial charge in [-0.25, -0.2) is 4.79 Å². The highest BCUT2D eigenvalue weighted by Crippen LogP contribution is 2.22. The predicted octanol–water partition coefficient (Wildman–Crippen LogP) is 2.43. The molecular weight excluding hydrogens is 334 g/mol. The van der Waals surface area contributed by atoms with E-state index in [9.17, 15) is 9.59 Å². The fourth-order valence-corrected chi connectivity index (χ4v) is 3.33. The normalized spacial score (nSPS) is 15.1. The lowest BCUT2D eigenvalue weighted by molar-refractivity contribution is -0.138. The molecule has 0 N–H and O–H groups in total. The van der Waals surface area contributed by atoms with Crippen molar-refractivity contribution in [2.75, 3.05) is 46.4 Å². The van der Waals surface area contributed by atoms with E-state index in [1.54, 1.807) is 18.3 Å². The minimum atomic E-state index is -0.0532. The maximum atomic E-state index is 13.0. The number of likely N-dealkylation sites (tertiary alicyclic amines) is 1. The quantitative estimate of drug-likeness (QED) is 0.710. The molecule has 0 aliphatic carbocycles. The maximum absolute atomic E-state index is 13.0. The second-order valence-electron chi connectivity index (χ2n) is 6.55. The van der Waals surface area contributed by atoms with Crippen LogP contribution in [0, 0.1) is 5.92 Å². The van der Waals surface area contributed by atoms with Crippen molar-refractivity contribution in [2.45, 2.75) is 33.2 Å². The zero-order valence-corrected chi connectivity index (χ0v) is 16.1. The van der Waals surface area contributed by atoms with Crippen molar-refractivity contribution in [1.82, 2.24) is 14.7 Å². The molecule has 1 aliphatic rings. The van der Waals surface area contributed by atoms with Crippen molar-refractivity contribution in [2.24, 2.45) is 5.92 Å². The van der Waals surface area contributed by atoms with Crippen LogP contribution in [0.3, 0.4) is 0 Å². The van der Waals surface area contributed by atoms with Gasteiger partial charge in [-0.15, -0.1) is 0 Å². The first-order valence-electron chi connectivity index (χ1n) is 9.44. The number of ether oxygens (including phenoxy) is 1. The molecule has 0 bridgehead atoms. The first-order valence-corrected chi connectivity index (χ1v) is 9.44. The van der Waals surface area contributed by atoms with Crippen LogP contribution >= 0.6 is 0 Å². The van der Waals surface area contributed by atoms with Crippen LogP contribution in [0.2, 0.25) is 0 Å². The minimum Gasteiger partial charge on any atom is -0.467 e. The summed E-state index contributed by atoms with van der Waals surface area (Å²) < 4.78 is 10.5. The molecule has 0 atom stereocenters. The van der Waals surface area contributed by atoms with Crippen LogP contribution in [0.4, 0.5) is 4.79 Å². The lowest BCUT2D eigenvalue weighted by Crippen LogP contribution is -2.49. The first-order chi connectivity index (χ1) is 12.6. The number of hydrogen-bond acceptors (Lipinski definition) is 4. The molecule has 1 aromatic heterocycles. The molecule has 1 aliphatic heterocycles. The van der Waals surface area contributed by atoms with E-state index in [2.05, 4.69) is 0 Å². The Kier molecular flexibility index (Phi) is 7.97. The van der Waals surface area contributed by atoms with Gasteiger partial charge in [-0.3, -0.25) is 4.79 Å². The number of carbonyl (C=O) groups excluding carboxylic acids is 2. The second-order valence-corrected chi connectivity index (χ2v) is 6.55. The molecule has 1 fully saturated rings. The average Bonchev–Trinajstić information content (AvgIpc) is 3.18. The smallest absolute Gasteiger partial charge is 0.319 e. The highest BCUT2D eigenvalue weighted by molar-refractivity contribution is 5.80. The van der Waals surface area contributed by atoms with E-state index in [4.69, 9.17) is 9.15 Å². The highest BCUT2D eigenvalue weighted by atomic mass is 16.5. The van der Waals surface area contributed by atoms with Gasteiger partial charge < -0.3 is 23.9 Å². The molecule has 0 radical (unpaired) electrons. The van der Waals surface area contributed by atoms with E-state index in [1.165, 1.54) is 0 Å². The molecule has 7 nitrogen and oxygen atoms in total. The molecule has 3 amide bonds. The Balaban J connectivity index is 1.92. The Morgan fingerprint density at radius 3 is 2.46 bits per heavy atom. The lowest BCUT2D eigenvalue weighted by Gasteiger charge is -2.36. The Morgan fingerprint density at radius 2 is 1.92 bits per heavy atom. The van der Waals surface area contributed by atoms with E-state index in [1.807, 2.05) is 35.8 Å². The summed E-state index contributed by atoms with van der Waals surface area (Å²) in [6.45, 7) is 8.13. The van der Waals surface area contributed by atoms with Crippen LogP contribution in [0.1, 0.15) is 32.4 Å². The van der Waals surface area contributed by atoms with Crippen molar-refractivity contribution >= 4 is 11.9 Å². The van der Waals surface area contributed by atoms with Crippen molar-refractivity contribution in [3.8, 4) is 0 Å². The van der Waals surface area contributed by atoms with E-state index in [-0.39, 0.29) is 17.9 Å². The van der Waals surface area contributed by atoms with Gasteiger partial charge in [0.15, 0.2) is 0 Å². The number of urea groups is 1. The van der Waals surface area contributed by atoms with E-state index in [0.29, 0.717) is 58.7 Å². The highest BCUT2D eigenvalue weighted by Gasteiger charge is 2.31. The van der Waals surface area contributed by atoms with Gasteiger partial charge in [0.2, 0.25) is 5.91 Å². The van der Waals surface area contributed by atoms with Crippen molar-refractivity contribution < 1.29 is 18.7 Å². The molecule has 0 saturated carbocycles. The monoisotopic (exact) mass is 365 g/mol. The molecule has 0 unspecified atom stereocenters. The van der Waals surface area contributed by atoms with Crippen LogP contribution < -0.4 is 0 Å². The van der Waals surface area contributed by atoms with Crippen LogP contribution in [-0.4, -0.2) is 73.1 Å². The topological polar surface area (TPSA) is 66.2 Å². The summed E-state index contributed by atoms with van der Waals surface area (Å²) in [7, 11) is 1.63. The summed E-state index contributed by atoms with van der Waals surface area (Å²) >= 11 is 0. The van der Waals surface area contributed by atoms with Crippen molar-refractivity contribution in [3.63, 3.8) is 0 Å². The summed E-state index contributed by atoms with van der Waals surface area (Å²) in [5.41, 5.74) is 0. The predicted molar refractivity (Wildman–Crippen MR) is 98.6 cm³/mol. The zero-order valence-electron chi connectivity index (χ0n) is 16.1. The zero-order chi connectivity index (χ0) is 18.9. The van der Waals surface area contributed by atoms with Gasteiger partial charge in [0.05, 0.1) is 19.4 Å². The molecule has 2 rings (SSSR count). The molecular formula is C19H31N3O4. The Labute approximate surface area is 155 Å². The fraction of sp³-hybridized carbons (Fsp3) is 0.684.